The van der Waals surface area contributed by atoms with Crippen LogP contribution in [-0.2, 0) is 12.8 Å². The second-order valence-electron chi connectivity index (χ2n) is 7.27. The number of hydrogen-bond donors (Lipinski definition) is 1. The molecule has 0 spiro atoms. The molecular weight excluding hydrogens is 417 g/mol. The Hall–Kier alpha value is -3.74. The molecule has 1 aromatic heterocycles. The van der Waals surface area contributed by atoms with Crippen LogP contribution in [0.5, 0.6) is 11.5 Å². The number of benzene rings is 3. The number of aromatic nitrogens is 2. The summed E-state index contributed by atoms with van der Waals surface area (Å²) in [5, 5.41) is 0. The van der Waals surface area contributed by atoms with Crippen LogP contribution in [0.2, 0.25) is 0 Å². The Morgan fingerprint density at radius 2 is 1.56 bits per heavy atom. The first-order chi connectivity index (χ1) is 15.3. The van der Waals surface area contributed by atoms with E-state index in [1.165, 1.54) is 12.1 Å². The molecule has 0 fully saturated rings. The summed E-state index contributed by atoms with van der Waals surface area (Å²) in [6, 6.07) is 20.3. The van der Waals surface area contributed by atoms with Crippen LogP contribution in [0.15, 0.2) is 72.8 Å². The van der Waals surface area contributed by atoms with Gasteiger partial charge >= 0.3 is 6.18 Å². The number of ether oxygens (including phenoxy) is 2. The SMILES string of the molecule is COc1cc(-c2nc(-c3ccc(C(F)(F)F)cc3)[nH]c2C)ccc1OCc1ccccc1. The molecule has 0 amide bonds. The maximum absolute atomic E-state index is 12.8. The second-order valence-corrected chi connectivity index (χ2v) is 7.27. The lowest BCUT2D eigenvalue weighted by molar-refractivity contribution is -0.137. The number of rotatable bonds is 6. The average Bonchev–Trinajstić information content (AvgIpc) is 3.19. The van der Waals surface area contributed by atoms with Crippen LogP contribution >= 0.6 is 0 Å². The molecule has 0 bridgehead atoms. The summed E-state index contributed by atoms with van der Waals surface area (Å²) in [6.45, 7) is 2.28. The summed E-state index contributed by atoms with van der Waals surface area (Å²) in [6.07, 6.45) is -4.37. The van der Waals surface area contributed by atoms with Crippen LogP contribution < -0.4 is 9.47 Å². The Morgan fingerprint density at radius 1 is 0.875 bits per heavy atom. The third kappa shape index (κ3) is 4.61. The van der Waals surface area contributed by atoms with Crippen LogP contribution in [0.25, 0.3) is 22.6 Å². The van der Waals surface area contributed by atoms with Crippen LogP contribution in [0, 0.1) is 6.92 Å². The van der Waals surface area contributed by atoms with Gasteiger partial charge in [-0.2, -0.15) is 13.2 Å². The first-order valence-corrected chi connectivity index (χ1v) is 9.94. The third-order valence-electron chi connectivity index (χ3n) is 5.04. The van der Waals surface area contributed by atoms with Gasteiger partial charge in [0.1, 0.15) is 12.4 Å². The van der Waals surface area contributed by atoms with Gasteiger partial charge in [0.05, 0.1) is 18.4 Å². The van der Waals surface area contributed by atoms with Crippen molar-refractivity contribution in [3.05, 3.63) is 89.6 Å². The quantitative estimate of drug-likeness (QED) is 0.366. The maximum atomic E-state index is 12.8. The van der Waals surface area contributed by atoms with Gasteiger partial charge in [0, 0.05) is 16.8 Å². The average molecular weight is 438 g/mol. The highest BCUT2D eigenvalue weighted by Crippen LogP contribution is 2.35. The minimum Gasteiger partial charge on any atom is -0.493 e. The van der Waals surface area contributed by atoms with E-state index in [1.54, 1.807) is 7.11 Å². The van der Waals surface area contributed by atoms with Crippen molar-refractivity contribution in [2.24, 2.45) is 0 Å². The summed E-state index contributed by atoms with van der Waals surface area (Å²) in [4.78, 5) is 7.76. The van der Waals surface area contributed by atoms with Crippen molar-refractivity contribution in [3.8, 4) is 34.1 Å². The molecule has 0 aliphatic carbocycles. The second kappa shape index (κ2) is 8.78. The van der Waals surface area contributed by atoms with Gasteiger partial charge in [-0.1, -0.05) is 42.5 Å². The van der Waals surface area contributed by atoms with E-state index in [-0.39, 0.29) is 0 Å². The number of aryl methyl sites for hydroxylation is 1. The van der Waals surface area contributed by atoms with E-state index in [2.05, 4.69) is 9.97 Å². The largest absolute Gasteiger partial charge is 0.493 e. The minimum atomic E-state index is -4.37. The molecule has 32 heavy (non-hydrogen) atoms. The fraction of sp³-hybridized carbons (Fsp3) is 0.160. The van der Waals surface area contributed by atoms with Gasteiger partial charge in [0.25, 0.3) is 0 Å². The number of aromatic amines is 1. The molecule has 4 aromatic rings. The van der Waals surface area contributed by atoms with Crippen molar-refractivity contribution in [3.63, 3.8) is 0 Å². The van der Waals surface area contributed by atoms with Crippen LogP contribution in [-0.4, -0.2) is 17.1 Å². The van der Waals surface area contributed by atoms with Gasteiger partial charge in [-0.15, -0.1) is 0 Å². The zero-order valence-corrected chi connectivity index (χ0v) is 17.5. The summed E-state index contributed by atoms with van der Waals surface area (Å²) >= 11 is 0. The molecule has 4 rings (SSSR count). The number of nitrogens with one attached hydrogen (secondary N) is 1. The van der Waals surface area contributed by atoms with Gasteiger partial charge in [0.2, 0.25) is 0 Å². The molecule has 3 aromatic carbocycles. The summed E-state index contributed by atoms with van der Waals surface area (Å²) in [5.74, 6) is 1.67. The van der Waals surface area contributed by atoms with E-state index in [9.17, 15) is 13.2 Å². The van der Waals surface area contributed by atoms with Crippen molar-refractivity contribution >= 4 is 0 Å². The Labute approximate surface area is 183 Å². The number of alkyl halides is 3. The molecule has 4 nitrogen and oxygen atoms in total. The Kier molecular flexibility index (Phi) is 5.90. The van der Waals surface area contributed by atoms with Gasteiger partial charge in [-0.25, -0.2) is 4.98 Å². The fourth-order valence-corrected chi connectivity index (χ4v) is 3.36. The van der Waals surface area contributed by atoms with E-state index < -0.39 is 11.7 Å². The predicted octanol–water partition coefficient (Wildman–Crippen LogP) is 6.66. The molecule has 7 heteroatoms. The highest BCUT2D eigenvalue weighted by atomic mass is 19.4. The van der Waals surface area contributed by atoms with E-state index in [0.717, 1.165) is 29.0 Å². The van der Waals surface area contributed by atoms with E-state index in [4.69, 9.17) is 9.47 Å². The number of halogens is 3. The molecule has 0 aliphatic rings. The topological polar surface area (TPSA) is 47.1 Å². The first-order valence-electron chi connectivity index (χ1n) is 9.94. The molecule has 0 saturated heterocycles. The smallest absolute Gasteiger partial charge is 0.416 e. The number of methoxy groups -OCH3 is 1. The molecule has 0 atom stereocenters. The molecule has 0 radical (unpaired) electrons. The Balaban J connectivity index is 1.58. The highest BCUT2D eigenvalue weighted by molar-refractivity contribution is 5.70. The fourth-order valence-electron chi connectivity index (χ4n) is 3.36. The minimum absolute atomic E-state index is 0.413. The maximum Gasteiger partial charge on any atom is 0.416 e. The van der Waals surface area contributed by atoms with Crippen molar-refractivity contribution in [2.45, 2.75) is 19.7 Å². The molecule has 1 heterocycles. The summed E-state index contributed by atoms with van der Waals surface area (Å²) < 4.78 is 49.9. The highest BCUT2D eigenvalue weighted by Gasteiger charge is 2.30. The number of H-pyrrole nitrogens is 1. The van der Waals surface area contributed by atoms with Gasteiger partial charge < -0.3 is 14.5 Å². The summed E-state index contributed by atoms with van der Waals surface area (Å²) in [7, 11) is 1.57. The zero-order chi connectivity index (χ0) is 22.7. The van der Waals surface area contributed by atoms with E-state index >= 15 is 0 Å². The zero-order valence-electron chi connectivity index (χ0n) is 17.5. The predicted molar refractivity (Wildman–Crippen MR) is 117 cm³/mol. The van der Waals surface area contributed by atoms with Crippen molar-refractivity contribution < 1.29 is 22.6 Å². The third-order valence-corrected chi connectivity index (χ3v) is 5.04. The normalized spacial score (nSPS) is 11.4. The standard InChI is InChI=1S/C25H21F3N2O2/c1-16-23(30-24(29-16)18-8-11-20(12-9-18)25(26,27)28)19-10-13-21(22(14-19)31-2)32-15-17-6-4-3-5-7-17/h3-14H,15H2,1-2H3,(H,29,30). The molecule has 0 unspecified atom stereocenters. The van der Waals surface area contributed by atoms with Gasteiger partial charge in [0.15, 0.2) is 11.5 Å². The lowest BCUT2D eigenvalue weighted by atomic mass is 10.1. The number of nitrogens with zero attached hydrogens (tertiary/aromatic N) is 1. The van der Waals surface area contributed by atoms with E-state index in [1.807, 2.05) is 55.5 Å². The van der Waals surface area contributed by atoms with Gasteiger partial charge in [-0.3, -0.25) is 0 Å². The molecule has 0 aliphatic heterocycles. The van der Waals surface area contributed by atoms with Crippen molar-refractivity contribution in [1.82, 2.24) is 9.97 Å². The number of hydrogen-bond acceptors (Lipinski definition) is 3. The van der Waals surface area contributed by atoms with Crippen molar-refractivity contribution in [1.29, 1.82) is 0 Å². The van der Waals surface area contributed by atoms with Crippen LogP contribution in [0.4, 0.5) is 13.2 Å². The monoisotopic (exact) mass is 438 g/mol. The Bertz CT molecular complexity index is 1200. The van der Waals surface area contributed by atoms with Crippen LogP contribution in [0.1, 0.15) is 16.8 Å². The van der Waals surface area contributed by atoms with E-state index in [0.29, 0.717) is 35.2 Å². The lowest BCUT2D eigenvalue weighted by Crippen LogP contribution is -2.04. The number of imidazole rings is 1. The Morgan fingerprint density at radius 3 is 2.22 bits per heavy atom. The van der Waals surface area contributed by atoms with Gasteiger partial charge in [-0.05, 0) is 42.8 Å². The summed E-state index contributed by atoms with van der Waals surface area (Å²) in [5.41, 5.74) is 3.21. The molecule has 164 valence electrons. The molecular formula is C25H21F3N2O2. The first kappa shape index (κ1) is 21.5. The lowest BCUT2D eigenvalue weighted by Gasteiger charge is -2.12. The van der Waals surface area contributed by atoms with Crippen molar-refractivity contribution in [2.75, 3.05) is 7.11 Å². The molecule has 0 saturated carbocycles. The van der Waals surface area contributed by atoms with Crippen LogP contribution in [0.3, 0.4) is 0 Å². The molecule has 1 N–H and O–H groups in total.